The van der Waals surface area contributed by atoms with Crippen LogP contribution in [-0.2, 0) is 0 Å². The monoisotopic (exact) mass is 362 g/mol. The van der Waals surface area contributed by atoms with Gasteiger partial charge in [-0.1, -0.05) is 18.2 Å². The van der Waals surface area contributed by atoms with Gasteiger partial charge in [0, 0.05) is 41.7 Å². The van der Waals surface area contributed by atoms with Crippen LogP contribution in [0.15, 0.2) is 42.5 Å². The maximum atomic E-state index is 14.1. The molecule has 1 aliphatic rings. The van der Waals surface area contributed by atoms with Crippen molar-refractivity contribution in [2.75, 3.05) is 31.8 Å². The van der Waals surface area contributed by atoms with E-state index in [-0.39, 0.29) is 17.2 Å². The standard InChI is InChI=1S/C18H19FN2O3S/c1-23-13-9-12(10-14(11-13)24-2)20-18(22)21-7-8-25-17(21)15-5-3-4-6-16(15)19/h3-6,9-11,17H,7-8H2,1-2H3,(H,20,22)/t17-/m1/s1. The highest BCUT2D eigenvalue weighted by Gasteiger charge is 2.32. The zero-order valence-corrected chi connectivity index (χ0v) is 14.8. The lowest BCUT2D eigenvalue weighted by molar-refractivity contribution is 0.213. The second-order valence-corrected chi connectivity index (χ2v) is 6.66. The van der Waals surface area contributed by atoms with E-state index < -0.39 is 0 Å². The summed E-state index contributed by atoms with van der Waals surface area (Å²) >= 11 is 1.55. The first kappa shape index (κ1) is 17.4. The summed E-state index contributed by atoms with van der Waals surface area (Å²) in [5, 5.41) is 2.50. The largest absolute Gasteiger partial charge is 0.497 e. The molecule has 0 aromatic heterocycles. The third-order valence-electron chi connectivity index (χ3n) is 3.93. The van der Waals surface area contributed by atoms with Gasteiger partial charge in [0.15, 0.2) is 0 Å². The van der Waals surface area contributed by atoms with Crippen LogP contribution in [0.1, 0.15) is 10.9 Å². The van der Waals surface area contributed by atoms with Gasteiger partial charge in [-0.3, -0.25) is 0 Å². The maximum Gasteiger partial charge on any atom is 0.323 e. The fourth-order valence-electron chi connectivity index (χ4n) is 2.69. The van der Waals surface area contributed by atoms with E-state index in [2.05, 4.69) is 5.32 Å². The van der Waals surface area contributed by atoms with Crippen molar-refractivity contribution in [1.82, 2.24) is 4.90 Å². The highest BCUT2D eigenvalue weighted by molar-refractivity contribution is 7.99. The molecule has 1 aliphatic heterocycles. The number of thioether (sulfide) groups is 1. The lowest BCUT2D eigenvalue weighted by Crippen LogP contribution is -2.34. The number of amides is 2. The van der Waals surface area contributed by atoms with Crippen LogP contribution in [0.5, 0.6) is 11.5 Å². The van der Waals surface area contributed by atoms with Crippen molar-refractivity contribution in [2.45, 2.75) is 5.37 Å². The predicted molar refractivity (Wildman–Crippen MR) is 96.9 cm³/mol. The first-order chi connectivity index (χ1) is 12.1. The number of nitrogens with one attached hydrogen (secondary N) is 1. The lowest BCUT2D eigenvalue weighted by atomic mass is 10.2. The second-order valence-electron chi connectivity index (χ2n) is 5.47. The highest BCUT2D eigenvalue weighted by Crippen LogP contribution is 2.39. The Kier molecular flexibility index (Phi) is 5.33. The van der Waals surface area contributed by atoms with Crippen LogP contribution < -0.4 is 14.8 Å². The number of rotatable bonds is 4. The third-order valence-corrected chi connectivity index (χ3v) is 5.17. The van der Waals surface area contributed by atoms with E-state index >= 15 is 0 Å². The molecule has 2 aromatic rings. The minimum absolute atomic E-state index is 0.284. The molecule has 1 atom stereocenters. The van der Waals surface area contributed by atoms with Crippen LogP contribution in [0.2, 0.25) is 0 Å². The van der Waals surface area contributed by atoms with Gasteiger partial charge in [0.2, 0.25) is 0 Å². The van der Waals surface area contributed by atoms with Gasteiger partial charge in [0.05, 0.1) is 14.2 Å². The summed E-state index contributed by atoms with van der Waals surface area (Å²) < 4.78 is 24.5. The van der Waals surface area contributed by atoms with Crippen LogP contribution in [0, 0.1) is 5.82 Å². The van der Waals surface area contributed by atoms with Crippen molar-refractivity contribution in [2.24, 2.45) is 0 Å². The quantitative estimate of drug-likeness (QED) is 0.889. The maximum absolute atomic E-state index is 14.1. The van der Waals surface area contributed by atoms with Crippen LogP contribution >= 0.6 is 11.8 Å². The minimum Gasteiger partial charge on any atom is -0.497 e. The normalized spacial score (nSPS) is 16.6. The van der Waals surface area contributed by atoms with Gasteiger partial charge in [-0.25, -0.2) is 9.18 Å². The van der Waals surface area contributed by atoms with E-state index in [1.807, 2.05) is 0 Å². The molecule has 1 heterocycles. The predicted octanol–water partition coefficient (Wildman–Crippen LogP) is 4.12. The first-order valence-electron chi connectivity index (χ1n) is 7.79. The first-order valence-corrected chi connectivity index (χ1v) is 8.84. The molecule has 2 aromatic carbocycles. The van der Waals surface area contributed by atoms with E-state index in [1.54, 1.807) is 67.3 Å². The Balaban J connectivity index is 1.80. The fourth-order valence-corrected chi connectivity index (χ4v) is 3.96. The summed E-state index contributed by atoms with van der Waals surface area (Å²) in [6, 6.07) is 11.4. The van der Waals surface area contributed by atoms with Gasteiger partial charge in [0.1, 0.15) is 22.7 Å². The molecule has 0 aliphatic carbocycles. The molecule has 3 rings (SSSR count). The molecule has 7 heteroatoms. The molecule has 1 N–H and O–H groups in total. The van der Waals surface area contributed by atoms with Crippen LogP contribution in [0.3, 0.4) is 0 Å². The van der Waals surface area contributed by atoms with Crippen molar-refractivity contribution in [1.29, 1.82) is 0 Å². The summed E-state index contributed by atoms with van der Waals surface area (Å²) in [4.78, 5) is 14.3. The van der Waals surface area contributed by atoms with E-state index in [9.17, 15) is 9.18 Å². The van der Waals surface area contributed by atoms with Gasteiger partial charge >= 0.3 is 6.03 Å². The SMILES string of the molecule is COc1cc(NC(=O)N2CCS[C@@H]2c2ccccc2F)cc(OC)c1. The second kappa shape index (κ2) is 7.65. The molecule has 0 saturated carbocycles. The Bertz CT molecular complexity index is 749. The summed E-state index contributed by atoms with van der Waals surface area (Å²) in [7, 11) is 3.09. The van der Waals surface area contributed by atoms with Gasteiger partial charge < -0.3 is 19.7 Å². The Labute approximate surface area is 150 Å². The molecule has 1 saturated heterocycles. The molecule has 5 nitrogen and oxygen atoms in total. The number of urea groups is 1. The Morgan fingerprint density at radius 1 is 1.20 bits per heavy atom. The Hall–Kier alpha value is -2.41. The molecule has 25 heavy (non-hydrogen) atoms. The van der Waals surface area contributed by atoms with Crippen LogP contribution in [0.4, 0.5) is 14.9 Å². The molecule has 0 bridgehead atoms. The number of anilines is 1. The lowest BCUT2D eigenvalue weighted by Gasteiger charge is -2.25. The average Bonchev–Trinajstić information content (AvgIpc) is 3.11. The van der Waals surface area contributed by atoms with Crippen molar-refractivity contribution >= 4 is 23.5 Å². The van der Waals surface area contributed by atoms with E-state index in [0.717, 1.165) is 5.75 Å². The van der Waals surface area contributed by atoms with Gasteiger partial charge in [0.25, 0.3) is 0 Å². The van der Waals surface area contributed by atoms with E-state index in [0.29, 0.717) is 29.3 Å². The van der Waals surface area contributed by atoms with Crippen LogP contribution in [-0.4, -0.2) is 37.4 Å². The topological polar surface area (TPSA) is 50.8 Å². The molecule has 1 fully saturated rings. The average molecular weight is 362 g/mol. The highest BCUT2D eigenvalue weighted by atomic mass is 32.2. The van der Waals surface area contributed by atoms with E-state index in [4.69, 9.17) is 9.47 Å². The zero-order valence-electron chi connectivity index (χ0n) is 14.0. The molecular formula is C18H19FN2O3S. The molecular weight excluding hydrogens is 343 g/mol. The number of hydrogen-bond acceptors (Lipinski definition) is 4. The number of ether oxygens (including phenoxy) is 2. The summed E-state index contributed by atoms with van der Waals surface area (Å²) in [6.45, 7) is 0.552. The van der Waals surface area contributed by atoms with E-state index in [1.165, 1.54) is 6.07 Å². The van der Waals surface area contributed by atoms with Crippen molar-refractivity contribution in [3.63, 3.8) is 0 Å². The number of carbonyl (C=O) groups is 1. The smallest absolute Gasteiger partial charge is 0.323 e. The minimum atomic E-state index is -0.339. The fraction of sp³-hybridized carbons (Fsp3) is 0.278. The summed E-state index contributed by atoms with van der Waals surface area (Å²) in [6.07, 6.45) is 0. The number of methoxy groups -OCH3 is 2. The Morgan fingerprint density at radius 3 is 2.52 bits per heavy atom. The Morgan fingerprint density at radius 2 is 1.88 bits per heavy atom. The number of benzene rings is 2. The van der Waals surface area contributed by atoms with Crippen molar-refractivity contribution in [3.05, 3.63) is 53.8 Å². The molecule has 132 valence electrons. The molecule has 0 spiro atoms. The van der Waals surface area contributed by atoms with Gasteiger partial charge in [-0.2, -0.15) is 0 Å². The van der Waals surface area contributed by atoms with Crippen LogP contribution in [0.25, 0.3) is 0 Å². The molecule has 2 amide bonds. The summed E-state index contributed by atoms with van der Waals surface area (Å²) in [5.74, 6) is 1.61. The number of nitrogens with zero attached hydrogens (tertiary/aromatic N) is 1. The molecule has 0 unspecified atom stereocenters. The molecule has 0 radical (unpaired) electrons. The van der Waals surface area contributed by atoms with Crippen molar-refractivity contribution < 1.29 is 18.7 Å². The van der Waals surface area contributed by atoms with Crippen molar-refractivity contribution in [3.8, 4) is 11.5 Å². The third kappa shape index (κ3) is 3.82. The zero-order chi connectivity index (χ0) is 17.8. The summed E-state index contributed by atoms with van der Waals surface area (Å²) in [5.41, 5.74) is 1.08. The van der Waals surface area contributed by atoms with Gasteiger partial charge in [-0.05, 0) is 6.07 Å². The van der Waals surface area contributed by atoms with Gasteiger partial charge in [-0.15, -0.1) is 11.8 Å². The number of halogens is 1. The number of carbonyl (C=O) groups excluding carboxylic acids is 1. The number of hydrogen-bond donors (Lipinski definition) is 1.